The van der Waals surface area contributed by atoms with E-state index in [2.05, 4.69) is 23.9 Å². The molecule has 2 aromatic carbocycles. The Morgan fingerprint density at radius 1 is 1.12 bits per heavy atom. The van der Waals surface area contributed by atoms with Gasteiger partial charge in [0.05, 0.1) is 18.6 Å². The number of hydrogen-bond acceptors (Lipinski definition) is 4. The van der Waals surface area contributed by atoms with E-state index in [1.54, 1.807) is 31.2 Å². The number of anilines is 1. The molecule has 0 radical (unpaired) electrons. The number of aryl methyl sites for hydroxylation is 1. The van der Waals surface area contributed by atoms with E-state index in [1.165, 1.54) is 18.7 Å². The maximum atomic E-state index is 12.4. The zero-order valence-corrected chi connectivity index (χ0v) is 16.2. The lowest BCUT2D eigenvalue weighted by Gasteiger charge is -2.11. The third-order valence-electron chi connectivity index (χ3n) is 3.96. The average molecular weight is 376 g/mol. The lowest BCUT2D eigenvalue weighted by atomic mass is 10.0. The maximum Gasteiger partial charge on any atom is 0.241 e. The van der Waals surface area contributed by atoms with Crippen LogP contribution in [-0.2, 0) is 14.8 Å². The molecule has 0 saturated heterocycles. The smallest absolute Gasteiger partial charge is 0.241 e. The normalized spacial score (nSPS) is 11.4. The third-order valence-corrected chi connectivity index (χ3v) is 5.52. The Labute approximate surface area is 154 Å². The van der Waals surface area contributed by atoms with Crippen molar-refractivity contribution in [2.75, 3.05) is 19.0 Å². The Kier molecular flexibility index (Phi) is 6.39. The minimum Gasteiger partial charge on any atom is -0.497 e. The molecule has 0 unspecified atom stereocenters. The van der Waals surface area contributed by atoms with Crippen molar-refractivity contribution in [3.8, 4) is 5.75 Å². The monoisotopic (exact) mass is 376 g/mol. The van der Waals surface area contributed by atoms with Crippen LogP contribution in [0.1, 0.15) is 30.9 Å². The van der Waals surface area contributed by atoms with Gasteiger partial charge in [-0.15, -0.1) is 0 Å². The molecule has 0 atom stereocenters. The highest BCUT2D eigenvalue weighted by molar-refractivity contribution is 7.89. The largest absolute Gasteiger partial charge is 0.497 e. The molecule has 0 fully saturated rings. The summed E-state index contributed by atoms with van der Waals surface area (Å²) in [6, 6.07) is 12.1. The third kappa shape index (κ3) is 5.06. The first-order valence-electron chi connectivity index (χ1n) is 8.27. The summed E-state index contributed by atoms with van der Waals surface area (Å²) in [5.41, 5.74) is 2.33. The summed E-state index contributed by atoms with van der Waals surface area (Å²) >= 11 is 0. The Morgan fingerprint density at radius 3 is 2.31 bits per heavy atom. The minimum absolute atomic E-state index is 0.118. The molecule has 0 spiro atoms. The molecule has 7 heteroatoms. The molecule has 0 bridgehead atoms. The number of ether oxygens (including phenoxy) is 1. The number of carbonyl (C=O) groups excluding carboxylic acids is 1. The van der Waals surface area contributed by atoms with Gasteiger partial charge in [-0.3, -0.25) is 4.79 Å². The van der Waals surface area contributed by atoms with Gasteiger partial charge in [0.2, 0.25) is 15.9 Å². The fourth-order valence-corrected chi connectivity index (χ4v) is 3.65. The Hall–Kier alpha value is -2.38. The zero-order valence-electron chi connectivity index (χ0n) is 15.4. The number of carbonyl (C=O) groups is 1. The summed E-state index contributed by atoms with van der Waals surface area (Å²) in [5.74, 6) is 0.542. The Morgan fingerprint density at radius 2 is 1.77 bits per heavy atom. The predicted molar refractivity (Wildman–Crippen MR) is 102 cm³/mol. The summed E-state index contributed by atoms with van der Waals surface area (Å²) in [4.78, 5) is 12.2. The van der Waals surface area contributed by atoms with Crippen molar-refractivity contribution in [2.24, 2.45) is 0 Å². The van der Waals surface area contributed by atoms with Gasteiger partial charge in [0.1, 0.15) is 5.75 Å². The van der Waals surface area contributed by atoms with Crippen molar-refractivity contribution >= 4 is 21.6 Å². The van der Waals surface area contributed by atoms with Crippen molar-refractivity contribution < 1.29 is 17.9 Å². The zero-order chi connectivity index (χ0) is 19.3. The van der Waals surface area contributed by atoms with E-state index in [0.29, 0.717) is 22.9 Å². The molecule has 6 nitrogen and oxygen atoms in total. The highest BCUT2D eigenvalue weighted by atomic mass is 32.2. The van der Waals surface area contributed by atoms with Gasteiger partial charge in [0.15, 0.2) is 0 Å². The quantitative estimate of drug-likeness (QED) is 0.778. The molecular weight excluding hydrogens is 352 g/mol. The summed E-state index contributed by atoms with van der Waals surface area (Å²) < 4.78 is 32.2. The lowest BCUT2D eigenvalue weighted by Crippen LogP contribution is -2.33. The van der Waals surface area contributed by atoms with Gasteiger partial charge in [-0.25, -0.2) is 13.1 Å². The van der Waals surface area contributed by atoms with E-state index in [4.69, 9.17) is 4.74 Å². The second-order valence-corrected chi connectivity index (χ2v) is 8.02. The second-order valence-electron chi connectivity index (χ2n) is 6.28. The van der Waals surface area contributed by atoms with Gasteiger partial charge in [-0.1, -0.05) is 26.0 Å². The second kappa shape index (κ2) is 8.33. The molecule has 0 aliphatic carbocycles. The molecule has 2 N–H and O–H groups in total. The van der Waals surface area contributed by atoms with Gasteiger partial charge in [0, 0.05) is 5.69 Å². The molecule has 2 rings (SSSR count). The van der Waals surface area contributed by atoms with Crippen molar-refractivity contribution in [3.63, 3.8) is 0 Å². The number of amides is 1. The van der Waals surface area contributed by atoms with Gasteiger partial charge in [-0.2, -0.15) is 0 Å². The van der Waals surface area contributed by atoms with Crippen LogP contribution in [0.25, 0.3) is 0 Å². The maximum absolute atomic E-state index is 12.4. The highest BCUT2D eigenvalue weighted by Crippen LogP contribution is 2.21. The lowest BCUT2D eigenvalue weighted by molar-refractivity contribution is -0.115. The first kappa shape index (κ1) is 19.9. The molecule has 0 aliphatic heterocycles. The molecule has 0 aromatic heterocycles. The number of sulfonamides is 1. The van der Waals surface area contributed by atoms with E-state index in [0.717, 1.165) is 0 Å². The van der Waals surface area contributed by atoms with Crippen LogP contribution in [0.15, 0.2) is 47.4 Å². The van der Waals surface area contributed by atoms with Crippen LogP contribution < -0.4 is 14.8 Å². The molecule has 0 saturated carbocycles. The number of benzene rings is 2. The van der Waals surface area contributed by atoms with E-state index in [-0.39, 0.29) is 11.4 Å². The molecular formula is C19H24N2O4S. The van der Waals surface area contributed by atoms with E-state index < -0.39 is 15.9 Å². The fraction of sp³-hybridized carbons (Fsp3) is 0.316. The molecule has 26 heavy (non-hydrogen) atoms. The highest BCUT2D eigenvalue weighted by Gasteiger charge is 2.18. The number of hydrogen-bond donors (Lipinski definition) is 2. The van der Waals surface area contributed by atoms with E-state index in [1.807, 2.05) is 12.1 Å². The first-order chi connectivity index (χ1) is 12.2. The fourth-order valence-electron chi connectivity index (χ4n) is 2.45. The summed E-state index contributed by atoms with van der Waals surface area (Å²) in [5, 5.41) is 2.68. The van der Waals surface area contributed by atoms with Gasteiger partial charge in [-0.05, 0) is 54.3 Å². The van der Waals surface area contributed by atoms with Crippen molar-refractivity contribution in [3.05, 3.63) is 53.6 Å². The summed E-state index contributed by atoms with van der Waals surface area (Å²) in [6.45, 7) is 5.50. The van der Waals surface area contributed by atoms with Crippen LogP contribution in [0, 0.1) is 6.92 Å². The van der Waals surface area contributed by atoms with Crippen LogP contribution in [0.2, 0.25) is 0 Å². The SMILES string of the molecule is COc1ccc(S(=O)(=O)NCC(=O)Nc2ccc(C(C)C)cc2)c(C)c1. The van der Waals surface area contributed by atoms with E-state index in [9.17, 15) is 13.2 Å². The Balaban J connectivity index is 1.99. The van der Waals surface area contributed by atoms with Gasteiger partial charge >= 0.3 is 0 Å². The van der Waals surface area contributed by atoms with Crippen molar-refractivity contribution in [1.82, 2.24) is 4.72 Å². The molecule has 0 heterocycles. The van der Waals surface area contributed by atoms with Gasteiger partial charge < -0.3 is 10.1 Å². The number of nitrogens with one attached hydrogen (secondary N) is 2. The minimum atomic E-state index is -3.79. The number of methoxy groups -OCH3 is 1. The van der Waals surface area contributed by atoms with Crippen LogP contribution in [-0.4, -0.2) is 28.0 Å². The standard InChI is InChI=1S/C19H24N2O4S/c1-13(2)15-5-7-16(8-6-15)21-19(22)12-20-26(23,24)18-10-9-17(25-4)11-14(18)3/h5-11,13,20H,12H2,1-4H3,(H,21,22). The van der Waals surface area contributed by atoms with Crippen molar-refractivity contribution in [1.29, 1.82) is 0 Å². The van der Waals surface area contributed by atoms with Crippen LogP contribution in [0.5, 0.6) is 5.75 Å². The first-order valence-corrected chi connectivity index (χ1v) is 9.75. The van der Waals surface area contributed by atoms with Gasteiger partial charge in [0.25, 0.3) is 0 Å². The van der Waals surface area contributed by atoms with Crippen LogP contribution >= 0.6 is 0 Å². The molecule has 2 aromatic rings. The topological polar surface area (TPSA) is 84.5 Å². The molecule has 0 aliphatic rings. The number of rotatable bonds is 7. The Bertz CT molecular complexity index is 875. The van der Waals surface area contributed by atoms with Crippen LogP contribution in [0.3, 0.4) is 0 Å². The summed E-state index contributed by atoms with van der Waals surface area (Å²) in [6.07, 6.45) is 0. The van der Waals surface area contributed by atoms with Crippen molar-refractivity contribution in [2.45, 2.75) is 31.6 Å². The molecule has 1 amide bonds. The van der Waals surface area contributed by atoms with E-state index >= 15 is 0 Å². The van der Waals surface area contributed by atoms with Crippen LogP contribution in [0.4, 0.5) is 5.69 Å². The summed E-state index contributed by atoms with van der Waals surface area (Å²) in [7, 11) is -2.27. The molecule has 140 valence electrons. The average Bonchev–Trinajstić information content (AvgIpc) is 2.60. The predicted octanol–water partition coefficient (Wildman–Crippen LogP) is 3.04.